The number of aromatic nitrogens is 3. The molecule has 8 nitrogen and oxygen atoms in total. The zero-order valence-electron chi connectivity index (χ0n) is 17.4. The molecule has 5 rings (SSSR count). The molecule has 0 N–H and O–H groups in total. The Kier molecular flexibility index (Phi) is 4.35. The summed E-state index contributed by atoms with van der Waals surface area (Å²) in [5.74, 6) is 0.763. The molecule has 4 aromatic rings. The van der Waals surface area contributed by atoms with Gasteiger partial charge in [-0.2, -0.15) is 0 Å². The first kappa shape index (κ1) is 19.0. The molecule has 0 aliphatic carbocycles. The second-order valence-electron chi connectivity index (χ2n) is 7.73. The number of rotatable bonds is 2. The molecule has 1 aromatic carbocycles. The highest BCUT2D eigenvalue weighted by Gasteiger charge is 2.35. The van der Waals surface area contributed by atoms with Gasteiger partial charge in [0, 0.05) is 19.7 Å². The Morgan fingerprint density at radius 3 is 2.61 bits per heavy atom. The smallest absolute Gasteiger partial charge is 0.294 e. The van der Waals surface area contributed by atoms with E-state index >= 15 is 0 Å². The van der Waals surface area contributed by atoms with Crippen molar-refractivity contribution in [2.45, 2.75) is 26.8 Å². The number of furan rings is 1. The van der Waals surface area contributed by atoms with Crippen molar-refractivity contribution in [3.63, 3.8) is 0 Å². The van der Waals surface area contributed by atoms with Crippen LogP contribution in [0, 0.1) is 6.92 Å². The summed E-state index contributed by atoms with van der Waals surface area (Å²) in [4.78, 5) is 29.0. The highest BCUT2D eigenvalue weighted by Crippen LogP contribution is 2.39. The Morgan fingerprint density at radius 1 is 1.06 bits per heavy atom. The SMILES string of the molecule is CC(=O)N1c2ccc(-c3ccc4nnc(C)n4c3)cc2N(C(=O)c2ccco2)C[C@@H]1C. The van der Waals surface area contributed by atoms with Crippen LogP contribution in [0.5, 0.6) is 0 Å². The van der Waals surface area contributed by atoms with Gasteiger partial charge in [0.1, 0.15) is 5.82 Å². The fourth-order valence-electron chi connectivity index (χ4n) is 4.19. The third kappa shape index (κ3) is 3.07. The number of carbonyl (C=O) groups excluding carboxylic acids is 2. The molecule has 3 aromatic heterocycles. The summed E-state index contributed by atoms with van der Waals surface area (Å²) in [6, 6.07) is 12.9. The Labute approximate surface area is 178 Å². The maximum atomic E-state index is 13.2. The van der Waals surface area contributed by atoms with Crippen LogP contribution in [0.1, 0.15) is 30.2 Å². The quantitative estimate of drug-likeness (QED) is 0.498. The van der Waals surface area contributed by atoms with Gasteiger partial charge in [-0.05, 0) is 61.4 Å². The highest BCUT2D eigenvalue weighted by molar-refractivity contribution is 6.10. The molecule has 31 heavy (non-hydrogen) atoms. The van der Waals surface area contributed by atoms with Crippen LogP contribution >= 0.6 is 0 Å². The van der Waals surface area contributed by atoms with Crippen LogP contribution in [0.2, 0.25) is 0 Å². The van der Waals surface area contributed by atoms with Crippen LogP contribution < -0.4 is 9.80 Å². The summed E-state index contributed by atoms with van der Waals surface area (Å²) in [6.07, 6.45) is 3.45. The van der Waals surface area contributed by atoms with Crippen LogP contribution in [0.25, 0.3) is 16.8 Å². The van der Waals surface area contributed by atoms with Crippen molar-refractivity contribution in [2.75, 3.05) is 16.3 Å². The van der Waals surface area contributed by atoms with E-state index in [1.807, 2.05) is 54.8 Å². The third-order valence-electron chi connectivity index (χ3n) is 5.64. The minimum absolute atomic E-state index is 0.0619. The van der Waals surface area contributed by atoms with E-state index in [0.29, 0.717) is 17.9 Å². The Morgan fingerprint density at radius 2 is 1.87 bits per heavy atom. The minimum Gasteiger partial charge on any atom is -0.459 e. The molecule has 1 aliphatic rings. The molecule has 2 amide bonds. The minimum atomic E-state index is -0.233. The van der Waals surface area contributed by atoms with E-state index in [2.05, 4.69) is 10.2 Å². The van der Waals surface area contributed by atoms with Gasteiger partial charge in [0.25, 0.3) is 5.91 Å². The molecule has 1 atom stereocenters. The zero-order valence-corrected chi connectivity index (χ0v) is 17.4. The van der Waals surface area contributed by atoms with E-state index in [1.54, 1.807) is 28.9 Å². The fourth-order valence-corrected chi connectivity index (χ4v) is 4.19. The molecule has 0 spiro atoms. The fraction of sp³-hybridized carbons (Fsp3) is 0.217. The summed E-state index contributed by atoms with van der Waals surface area (Å²) in [5.41, 5.74) is 4.02. The summed E-state index contributed by atoms with van der Waals surface area (Å²) in [6.45, 7) is 5.75. The number of hydrogen-bond acceptors (Lipinski definition) is 5. The predicted molar refractivity (Wildman–Crippen MR) is 116 cm³/mol. The molecule has 4 heterocycles. The topological polar surface area (TPSA) is 84.0 Å². The van der Waals surface area contributed by atoms with Gasteiger partial charge in [-0.25, -0.2) is 0 Å². The largest absolute Gasteiger partial charge is 0.459 e. The van der Waals surface area contributed by atoms with Crippen LogP contribution in [-0.4, -0.2) is 39.0 Å². The van der Waals surface area contributed by atoms with E-state index in [9.17, 15) is 9.59 Å². The molecule has 0 unspecified atom stereocenters. The first-order chi connectivity index (χ1) is 14.9. The number of amides is 2. The van der Waals surface area contributed by atoms with E-state index in [-0.39, 0.29) is 23.6 Å². The van der Waals surface area contributed by atoms with Gasteiger partial charge < -0.3 is 14.2 Å². The highest BCUT2D eigenvalue weighted by atomic mass is 16.3. The maximum absolute atomic E-state index is 13.2. The van der Waals surface area contributed by atoms with Gasteiger partial charge in [0.2, 0.25) is 5.91 Å². The van der Waals surface area contributed by atoms with Crippen LogP contribution in [0.3, 0.4) is 0 Å². The molecular weight excluding hydrogens is 394 g/mol. The van der Waals surface area contributed by atoms with Crippen molar-refractivity contribution in [2.24, 2.45) is 0 Å². The van der Waals surface area contributed by atoms with Crippen molar-refractivity contribution in [3.05, 3.63) is 66.5 Å². The molecule has 156 valence electrons. The van der Waals surface area contributed by atoms with Gasteiger partial charge >= 0.3 is 0 Å². The summed E-state index contributed by atoms with van der Waals surface area (Å²) < 4.78 is 7.27. The van der Waals surface area contributed by atoms with E-state index in [0.717, 1.165) is 22.6 Å². The lowest BCUT2D eigenvalue weighted by molar-refractivity contribution is -0.117. The predicted octanol–water partition coefficient (Wildman–Crippen LogP) is 3.70. The third-order valence-corrected chi connectivity index (χ3v) is 5.64. The van der Waals surface area contributed by atoms with Gasteiger partial charge in [0.05, 0.1) is 23.7 Å². The molecule has 0 bridgehead atoms. The number of pyridine rings is 1. The van der Waals surface area contributed by atoms with E-state index < -0.39 is 0 Å². The van der Waals surface area contributed by atoms with Crippen molar-refractivity contribution in [3.8, 4) is 11.1 Å². The summed E-state index contributed by atoms with van der Waals surface area (Å²) >= 11 is 0. The molecule has 0 fully saturated rings. The average molecular weight is 415 g/mol. The lowest BCUT2D eigenvalue weighted by atomic mass is 10.0. The second-order valence-corrected chi connectivity index (χ2v) is 7.73. The number of carbonyl (C=O) groups is 2. The Bertz CT molecular complexity index is 1310. The standard InChI is InChI=1S/C23H21N5O3/c1-14-12-27(23(30)21-5-4-10-31-21)20-11-17(6-8-19(20)28(14)16(3)29)18-7-9-22-25-24-15(2)26(22)13-18/h4-11,13-14H,12H2,1-3H3/t14-/m0/s1. The molecular formula is C23H21N5O3. The molecule has 0 radical (unpaired) electrons. The number of hydrogen-bond donors (Lipinski definition) is 0. The van der Waals surface area contributed by atoms with Gasteiger partial charge in [-0.15, -0.1) is 10.2 Å². The lowest BCUT2D eigenvalue weighted by Crippen LogP contribution is -2.51. The number of aryl methyl sites for hydroxylation is 1. The number of anilines is 2. The van der Waals surface area contributed by atoms with Crippen LogP contribution in [0.15, 0.2) is 59.3 Å². The summed E-state index contributed by atoms with van der Waals surface area (Å²) in [5, 5.41) is 8.24. The maximum Gasteiger partial charge on any atom is 0.294 e. The molecule has 1 aliphatic heterocycles. The molecule has 0 saturated carbocycles. The number of fused-ring (bicyclic) bond motifs is 2. The number of benzene rings is 1. The van der Waals surface area contributed by atoms with E-state index in [4.69, 9.17) is 4.42 Å². The lowest BCUT2D eigenvalue weighted by Gasteiger charge is -2.40. The van der Waals surface area contributed by atoms with Crippen molar-refractivity contribution < 1.29 is 14.0 Å². The monoisotopic (exact) mass is 415 g/mol. The second kappa shape index (κ2) is 7.09. The van der Waals surface area contributed by atoms with Crippen LogP contribution in [0.4, 0.5) is 11.4 Å². The zero-order chi connectivity index (χ0) is 21.7. The Balaban J connectivity index is 1.65. The van der Waals surface area contributed by atoms with Crippen molar-refractivity contribution in [1.29, 1.82) is 0 Å². The number of nitrogens with zero attached hydrogens (tertiary/aromatic N) is 5. The molecule has 0 saturated heterocycles. The van der Waals surface area contributed by atoms with Gasteiger partial charge in [0.15, 0.2) is 11.4 Å². The first-order valence-electron chi connectivity index (χ1n) is 10.0. The van der Waals surface area contributed by atoms with Gasteiger partial charge in [-0.3, -0.25) is 14.0 Å². The molecule has 8 heteroatoms. The van der Waals surface area contributed by atoms with Crippen LogP contribution in [-0.2, 0) is 4.79 Å². The van der Waals surface area contributed by atoms with Crippen molar-refractivity contribution in [1.82, 2.24) is 14.6 Å². The first-order valence-corrected chi connectivity index (χ1v) is 10.0. The Hall–Kier alpha value is -3.94. The van der Waals surface area contributed by atoms with Gasteiger partial charge in [-0.1, -0.05) is 6.07 Å². The van der Waals surface area contributed by atoms with Crippen molar-refractivity contribution >= 4 is 28.8 Å². The van der Waals surface area contributed by atoms with E-state index in [1.165, 1.54) is 6.26 Å². The normalized spacial score (nSPS) is 15.9. The average Bonchev–Trinajstić information content (AvgIpc) is 3.42. The summed E-state index contributed by atoms with van der Waals surface area (Å²) in [7, 11) is 0.